The molecule has 1 fully saturated rings. The van der Waals surface area contributed by atoms with Gasteiger partial charge in [0.15, 0.2) is 0 Å². The minimum Gasteiger partial charge on any atom is -0.480 e. The second kappa shape index (κ2) is 9.86. The summed E-state index contributed by atoms with van der Waals surface area (Å²) in [5, 5.41) is 2.24. The van der Waals surface area contributed by atoms with Crippen LogP contribution in [-0.2, 0) is 9.59 Å². The minimum absolute atomic E-state index is 0.140. The number of nitrogens with zero attached hydrogens (tertiary/aromatic N) is 1. The predicted octanol–water partition coefficient (Wildman–Crippen LogP) is 4.75. The molecule has 1 saturated heterocycles. The Labute approximate surface area is 193 Å². The van der Waals surface area contributed by atoms with Crippen LogP contribution in [0, 0.1) is 26.2 Å². The lowest BCUT2D eigenvalue weighted by Crippen LogP contribution is -2.36. The van der Waals surface area contributed by atoms with Crippen LogP contribution in [0.15, 0.2) is 45.8 Å². The number of amides is 3. The van der Waals surface area contributed by atoms with Gasteiger partial charge in [-0.3, -0.25) is 19.3 Å². The van der Waals surface area contributed by atoms with E-state index in [-0.39, 0.29) is 18.1 Å². The van der Waals surface area contributed by atoms with Crippen LogP contribution in [-0.4, -0.2) is 35.1 Å². The smallest absolute Gasteiger partial charge is 0.294 e. The number of aryl methyl sites for hydroxylation is 2. The lowest BCUT2D eigenvalue weighted by atomic mass is 10.1. The molecule has 0 bridgehead atoms. The Balaban J connectivity index is 1.68. The van der Waals surface area contributed by atoms with Gasteiger partial charge in [0.05, 0.1) is 9.38 Å². The summed E-state index contributed by atoms with van der Waals surface area (Å²) >= 11 is 4.19. The van der Waals surface area contributed by atoms with E-state index in [4.69, 9.17) is 11.2 Å². The van der Waals surface area contributed by atoms with Crippen LogP contribution < -0.4 is 10.1 Å². The molecule has 0 radical (unpaired) electrons. The zero-order valence-corrected chi connectivity index (χ0v) is 19.3. The maximum Gasteiger partial charge on any atom is 0.294 e. The van der Waals surface area contributed by atoms with Gasteiger partial charge in [-0.1, -0.05) is 18.1 Å². The molecule has 1 aliphatic heterocycles. The molecule has 31 heavy (non-hydrogen) atoms. The van der Waals surface area contributed by atoms with Crippen molar-refractivity contribution in [1.29, 1.82) is 0 Å². The fourth-order valence-electron chi connectivity index (χ4n) is 2.79. The molecule has 8 heteroatoms. The van der Waals surface area contributed by atoms with E-state index < -0.39 is 17.1 Å². The van der Waals surface area contributed by atoms with Crippen molar-refractivity contribution in [2.45, 2.75) is 13.8 Å². The molecule has 0 saturated carbocycles. The third kappa shape index (κ3) is 5.57. The van der Waals surface area contributed by atoms with Crippen molar-refractivity contribution in [2.75, 3.05) is 18.5 Å². The lowest BCUT2D eigenvalue weighted by Gasteiger charge is -2.13. The number of terminal acetylenes is 1. The minimum atomic E-state index is -0.506. The van der Waals surface area contributed by atoms with Crippen LogP contribution in [0.1, 0.15) is 16.7 Å². The number of carbonyl (C=O) groups is 3. The Morgan fingerprint density at radius 3 is 2.68 bits per heavy atom. The number of ether oxygens (including phenoxy) is 1. The molecule has 1 heterocycles. The average molecular weight is 499 g/mol. The van der Waals surface area contributed by atoms with E-state index in [0.29, 0.717) is 21.5 Å². The quantitative estimate of drug-likeness (QED) is 0.459. The van der Waals surface area contributed by atoms with Gasteiger partial charge < -0.3 is 10.1 Å². The summed E-state index contributed by atoms with van der Waals surface area (Å²) in [7, 11) is 0. The fourth-order valence-corrected chi connectivity index (χ4v) is 4.14. The highest BCUT2D eigenvalue weighted by molar-refractivity contribution is 9.10. The van der Waals surface area contributed by atoms with E-state index in [9.17, 15) is 14.4 Å². The molecule has 0 atom stereocenters. The number of thioether (sulfide) groups is 1. The topological polar surface area (TPSA) is 75.7 Å². The van der Waals surface area contributed by atoms with Crippen molar-refractivity contribution in [1.82, 2.24) is 4.90 Å². The highest BCUT2D eigenvalue weighted by Gasteiger charge is 2.36. The molecule has 158 valence electrons. The van der Waals surface area contributed by atoms with E-state index in [1.165, 1.54) is 0 Å². The van der Waals surface area contributed by atoms with E-state index in [2.05, 4.69) is 27.2 Å². The molecule has 6 nitrogen and oxygen atoms in total. The maximum absolute atomic E-state index is 12.7. The van der Waals surface area contributed by atoms with Crippen LogP contribution in [0.4, 0.5) is 10.5 Å². The number of nitrogens with one attached hydrogen (secondary N) is 1. The molecule has 1 N–H and O–H groups in total. The number of rotatable bonds is 6. The predicted molar refractivity (Wildman–Crippen MR) is 126 cm³/mol. The number of anilines is 1. The lowest BCUT2D eigenvalue weighted by molar-refractivity contribution is -0.127. The second-order valence-electron chi connectivity index (χ2n) is 6.80. The molecule has 0 unspecified atom stereocenters. The molecule has 3 rings (SSSR count). The van der Waals surface area contributed by atoms with Crippen molar-refractivity contribution in [3.63, 3.8) is 0 Å². The van der Waals surface area contributed by atoms with E-state index >= 15 is 0 Å². The van der Waals surface area contributed by atoms with Gasteiger partial charge in [0, 0.05) is 5.69 Å². The number of halogens is 1. The SMILES string of the molecule is C#CCOc1ccc(/C=C2/SC(=O)N(CC(=O)Nc3ccc(C)c(C)c3)C2=O)cc1Br. The maximum atomic E-state index is 12.7. The number of carbonyl (C=O) groups excluding carboxylic acids is 3. The van der Waals surface area contributed by atoms with Crippen molar-refractivity contribution in [2.24, 2.45) is 0 Å². The molecule has 0 spiro atoms. The van der Waals surface area contributed by atoms with Crippen molar-refractivity contribution < 1.29 is 19.1 Å². The monoisotopic (exact) mass is 498 g/mol. The van der Waals surface area contributed by atoms with Gasteiger partial charge in [-0.05, 0) is 88.6 Å². The summed E-state index contributed by atoms with van der Waals surface area (Å²) in [5.41, 5.74) is 3.46. The Hall–Kier alpha value is -3.02. The number of hydrogen-bond donors (Lipinski definition) is 1. The third-order valence-electron chi connectivity index (χ3n) is 4.53. The van der Waals surface area contributed by atoms with Crippen LogP contribution in [0.3, 0.4) is 0 Å². The molecular weight excluding hydrogens is 480 g/mol. The van der Waals surface area contributed by atoms with E-state index in [0.717, 1.165) is 27.8 Å². The first-order chi connectivity index (χ1) is 14.8. The standard InChI is InChI=1S/C23H19BrN2O4S/c1-4-9-30-19-8-6-16(11-18(19)24)12-20-22(28)26(23(29)31-20)13-21(27)25-17-7-5-14(2)15(3)10-17/h1,5-8,10-12H,9,13H2,2-3H3,(H,25,27)/b20-12+. The number of hydrogen-bond acceptors (Lipinski definition) is 5. The number of imide groups is 1. The van der Waals surface area contributed by atoms with Crippen molar-refractivity contribution in [3.05, 3.63) is 62.5 Å². The first-order valence-electron chi connectivity index (χ1n) is 9.27. The highest BCUT2D eigenvalue weighted by atomic mass is 79.9. The molecule has 0 aromatic heterocycles. The van der Waals surface area contributed by atoms with Gasteiger partial charge in [-0.2, -0.15) is 0 Å². The third-order valence-corrected chi connectivity index (χ3v) is 6.06. The van der Waals surface area contributed by atoms with Crippen LogP contribution in [0.2, 0.25) is 0 Å². The first-order valence-corrected chi connectivity index (χ1v) is 10.9. The van der Waals surface area contributed by atoms with Crippen molar-refractivity contribution in [3.8, 4) is 18.1 Å². The summed E-state index contributed by atoms with van der Waals surface area (Å²) in [6, 6.07) is 10.7. The highest BCUT2D eigenvalue weighted by Crippen LogP contribution is 2.33. The number of benzene rings is 2. The Morgan fingerprint density at radius 1 is 1.23 bits per heavy atom. The second-order valence-corrected chi connectivity index (χ2v) is 8.65. The van der Waals surface area contributed by atoms with E-state index in [1.807, 2.05) is 26.0 Å². The Kier molecular flexibility index (Phi) is 7.21. The van der Waals surface area contributed by atoms with Gasteiger partial charge in [-0.25, -0.2) is 0 Å². The zero-order chi connectivity index (χ0) is 22.5. The Bertz CT molecular complexity index is 1140. The van der Waals surface area contributed by atoms with E-state index in [1.54, 1.807) is 30.3 Å². The van der Waals surface area contributed by atoms with Crippen molar-refractivity contribution >= 4 is 56.5 Å². The van der Waals surface area contributed by atoms with Crippen LogP contribution in [0.25, 0.3) is 6.08 Å². The largest absolute Gasteiger partial charge is 0.480 e. The summed E-state index contributed by atoms with van der Waals surface area (Å²) in [4.78, 5) is 38.5. The molecule has 1 aliphatic rings. The average Bonchev–Trinajstić information content (AvgIpc) is 2.97. The molecule has 2 aromatic rings. The van der Waals surface area contributed by atoms with Gasteiger partial charge in [0.2, 0.25) is 5.91 Å². The fraction of sp³-hybridized carbons (Fsp3) is 0.174. The summed E-state index contributed by atoms with van der Waals surface area (Å²) in [6.07, 6.45) is 6.79. The normalized spacial score (nSPS) is 14.6. The summed E-state index contributed by atoms with van der Waals surface area (Å²) < 4.78 is 6.06. The summed E-state index contributed by atoms with van der Waals surface area (Å²) in [5.74, 6) is 2.02. The first kappa shape index (κ1) is 22.7. The zero-order valence-electron chi connectivity index (χ0n) is 16.9. The molecule has 0 aliphatic carbocycles. The van der Waals surface area contributed by atoms with Gasteiger partial charge in [-0.15, -0.1) is 6.42 Å². The van der Waals surface area contributed by atoms with Gasteiger partial charge in [0.1, 0.15) is 18.9 Å². The van der Waals surface area contributed by atoms with Gasteiger partial charge >= 0.3 is 0 Å². The summed E-state index contributed by atoms with van der Waals surface area (Å²) in [6.45, 7) is 3.71. The van der Waals surface area contributed by atoms with Crippen LogP contribution >= 0.6 is 27.7 Å². The van der Waals surface area contributed by atoms with Crippen LogP contribution in [0.5, 0.6) is 5.75 Å². The Morgan fingerprint density at radius 2 is 2.00 bits per heavy atom. The molecule has 3 amide bonds. The molecular formula is C23H19BrN2O4S. The molecule has 2 aromatic carbocycles. The van der Waals surface area contributed by atoms with Gasteiger partial charge in [0.25, 0.3) is 11.1 Å².